The zero-order chi connectivity index (χ0) is 15.1. The summed E-state index contributed by atoms with van der Waals surface area (Å²) < 4.78 is 0. The quantitative estimate of drug-likeness (QED) is 0.804. The van der Waals surface area contributed by atoms with Crippen LogP contribution in [0.1, 0.15) is 32.3 Å². The number of hydrogen-bond donors (Lipinski definition) is 2. The highest BCUT2D eigenvalue weighted by atomic mass is 16.3. The monoisotopic (exact) mass is 278 g/mol. The van der Waals surface area contributed by atoms with Crippen LogP contribution >= 0.6 is 0 Å². The minimum atomic E-state index is 0.120. The number of amides is 1. The van der Waals surface area contributed by atoms with Gasteiger partial charge in [0.1, 0.15) is 5.75 Å². The van der Waals surface area contributed by atoms with Crippen LogP contribution < -0.4 is 5.73 Å². The van der Waals surface area contributed by atoms with E-state index in [1.807, 2.05) is 12.1 Å². The zero-order valence-electron chi connectivity index (χ0n) is 12.7. The predicted octanol–water partition coefficient (Wildman–Crippen LogP) is 2.36. The van der Waals surface area contributed by atoms with E-state index in [1.54, 1.807) is 24.1 Å². The molecule has 0 unspecified atom stereocenters. The number of hydrogen-bond acceptors (Lipinski definition) is 3. The lowest BCUT2D eigenvalue weighted by molar-refractivity contribution is -0.131. The maximum absolute atomic E-state index is 12.2. The van der Waals surface area contributed by atoms with Gasteiger partial charge in [-0.1, -0.05) is 26.0 Å². The van der Waals surface area contributed by atoms with Crippen molar-refractivity contribution < 1.29 is 9.90 Å². The van der Waals surface area contributed by atoms with E-state index in [0.29, 0.717) is 25.4 Å². The van der Waals surface area contributed by atoms with E-state index < -0.39 is 0 Å². The molecule has 0 aliphatic rings. The van der Waals surface area contributed by atoms with Crippen LogP contribution in [-0.4, -0.2) is 29.5 Å². The van der Waals surface area contributed by atoms with Crippen molar-refractivity contribution >= 4 is 5.91 Å². The molecule has 0 aromatic heterocycles. The molecule has 20 heavy (non-hydrogen) atoms. The molecule has 3 N–H and O–H groups in total. The number of phenols is 1. The first kappa shape index (κ1) is 16.5. The van der Waals surface area contributed by atoms with Crippen LogP contribution in [0.25, 0.3) is 0 Å². The van der Waals surface area contributed by atoms with E-state index >= 15 is 0 Å². The lowest BCUT2D eigenvalue weighted by Crippen LogP contribution is -2.30. The lowest BCUT2D eigenvalue weighted by Gasteiger charge is -2.22. The van der Waals surface area contributed by atoms with Gasteiger partial charge in [0.15, 0.2) is 0 Å². The lowest BCUT2D eigenvalue weighted by atomic mass is 9.94. The van der Waals surface area contributed by atoms with Crippen molar-refractivity contribution in [2.24, 2.45) is 17.6 Å². The second-order valence-corrected chi connectivity index (χ2v) is 5.85. The number of rotatable bonds is 7. The topological polar surface area (TPSA) is 66.6 Å². The summed E-state index contributed by atoms with van der Waals surface area (Å²) in [6, 6.07) is 6.92. The Labute approximate surface area is 121 Å². The summed E-state index contributed by atoms with van der Waals surface area (Å²) in [6.07, 6.45) is 1.48. The Kier molecular flexibility index (Phi) is 6.52. The van der Waals surface area contributed by atoms with E-state index in [4.69, 9.17) is 5.73 Å². The first-order valence-corrected chi connectivity index (χ1v) is 7.14. The van der Waals surface area contributed by atoms with Crippen molar-refractivity contribution in [2.45, 2.75) is 33.2 Å². The molecule has 0 aliphatic heterocycles. The standard InChI is InChI=1S/C16H26N2O2/c1-12(2)8-14(10-17)9-16(20)18(3)11-13-4-6-15(19)7-5-13/h4-7,12,14,19H,8-11,17H2,1-3H3/t14-/m0/s1. The molecule has 0 radical (unpaired) electrons. The highest BCUT2D eigenvalue weighted by Crippen LogP contribution is 2.16. The van der Waals surface area contributed by atoms with Crippen molar-refractivity contribution in [1.29, 1.82) is 0 Å². The molecule has 112 valence electrons. The van der Waals surface area contributed by atoms with E-state index in [-0.39, 0.29) is 17.6 Å². The molecule has 1 aromatic rings. The molecule has 4 heteroatoms. The third-order valence-corrected chi connectivity index (χ3v) is 3.38. The SMILES string of the molecule is CC(C)C[C@H](CN)CC(=O)N(C)Cc1ccc(O)cc1. The van der Waals surface area contributed by atoms with Gasteiger partial charge in [-0.25, -0.2) is 0 Å². The minimum absolute atomic E-state index is 0.120. The van der Waals surface area contributed by atoms with Crippen LogP contribution in [0.3, 0.4) is 0 Å². The molecule has 0 saturated carbocycles. The Bertz CT molecular complexity index is 415. The van der Waals surface area contributed by atoms with Crippen LogP contribution in [0.4, 0.5) is 0 Å². The van der Waals surface area contributed by atoms with Gasteiger partial charge in [0, 0.05) is 20.0 Å². The van der Waals surface area contributed by atoms with Gasteiger partial charge < -0.3 is 15.7 Å². The first-order valence-electron chi connectivity index (χ1n) is 7.14. The molecule has 1 rings (SSSR count). The fourth-order valence-electron chi connectivity index (χ4n) is 2.30. The number of nitrogens with zero attached hydrogens (tertiary/aromatic N) is 1. The Hall–Kier alpha value is -1.55. The predicted molar refractivity (Wildman–Crippen MR) is 81.2 cm³/mol. The summed E-state index contributed by atoms with van der Waals surface area (Å²) >= 11 is 0. The molecule has 4 nitrogen and oxygen atoms in total. The molecule has 0 bridgehead atoms. The highest BCUT2D eigenvalue weighted by Gasteiger charge is 2.17. The summed E-state index contributed by atoms with van der Waals surface area (Å²) in [4.78, 5) is 13.9. The second-order valence-electron chi connectivity index (χ2n) is 5.85. The Morgan fingerprint density at radius 1 is 1.30 bits per heavy atom. The average Bonchev–Trinajstić information content (AvgIpc) is 2.39. The van der Waals surface area contributed by atoms with Crippen molar-refractivity contribution in [3.8, 4) is 5.75 Å². The third kappa shape index (κ3) is 5.61. The largest absolute Gasteiger partial charge is 0.508 e. The van der Waals surface area contributed by atoms with Gasteiger partial charge in [-0.05, 0) is 42.5 Å². The van der Waals surface area contributed by atoms with Gasteiger partial charge in [-0.2, -0.15) is 0 Å². The number of benzene rings is 1. The van der Waals surface area contributed by atoms with Crippen molar-refractivity contribution in [3.05, 3.63) is 29.8 Å². The van der Waals surface area contributed by atoms with Crippen LogP contribution in [0, 0.1) is 11.8 Å². The smallest absolute Gasteiger partial charge is 0.222 e. The van der Waals surface area contributed by atoms with E-state index in [9.17, 15) is 9.90 Å². The maximum atomic E-state index is 12.2. The van der Waals surface area contributed by atoms with E-state index in [2.05, 4.69) is 13.8 Å². The Morgan fingerprint density at radius 3 is 2.40 bits per heavy atom. The summed E-state index contributed by atoms with van der Waals surface area (Å²) in [5.74, 6) is 1.17. The fraction of sp³-hybridized carbons (Fsp3) is 0.562. The van der Waals surface area contributed by atoms with Gasteiger partial charge >= 0.3 is 0 Å². The molecular weight excluding hydrogens is 252 g/mol. The molecule has 0 saturated heterocycles. The molecular formula is C16H26N2O2. The van der Waals surface area contributed by atoms with Crippen LogP contribution in [0.5, 0.6) is 5.75 Å². The molecule has 0 aliphatic carbocycles. The van der Waals surface area contributed by atoms with Gasteiger partial charge in [-0.15, -0.1) is 0 Å². The fourth-order valence-corrected chi connectivity index (χ4v) is 2.30. The second kappa shape index (κ2) is 7.90. The Balaban J connectivity index is 2.51. The molecule has 1 amide bonds. The van der Waals surface area contributed by atoms with Gasteiger partial charge in [0.05, 0.1) is 0 Å². The summed E-state index contributed by atoms with van der Waals surface area (Å²) in [6.45, 7) is 5.40. The third-order valence-electron chi connectivity index (χ3n) is 3.38. The normalized spacial score (nSPS) is 12.4. The van der Waals surface area contributed by atoms with Crippen molar-refractivity contribution in [2.75, 3.05) is 13.6 Å². The van der Waals surface area contributed by atoms with Crippen LogP contribution in [-0.2, 0) is 11.3 Å². The number of nitrogens with two attached hydrogens (primary N) is 1. The van der Waals surface area contributed by atoms with E-state index in [1.165, 1.54) is 0 Å². The van der Waals surface area contributed by atoms with Crippen molar-refractivity contribution in [3.63, 3.8) is 0 Å². The zero-order valence-corrected chi connectivity index (χ0v) is 12.7. The van der Waals surface area contributed by atoms with Crippen LogP contribution in [0.15, 0.2) is 24.3 Å². The molecule has 0 spiro atoms. The first-order chi connectivity index (χ1) is 9.42. The van der Waals surface area contributed by atoms with Gasteiger partial charge in [0.2, 0.25) is 5.91 Å². The molecule has 0 heterocycles. The number of phenolic OH excluding ortho intramolecular Hbond substituents is 1. The highest BCUT2D eigenvalue weighted by molar-refractivity contribution is 5.76. The van der Waals surface area contributed by atoms with E-state index in [0.717, 1.165) is 12.0 Å². The number of carbonyl (C=O) groups excluding carboxylic acids is 1. The van der Waals surface area contributed by atoms with Crippen molar-refractivity contribution in [1.82, 2.24) is 4.90 Å². The minimum Gasteiger partial charge on any atom is -0.508 e. The van der Waals surface area contributed by atoms with Gasteiger partial charge in [-0.3, -0.25) is 4.79 Å². The summed E-state index contributed by atoms with van der Waals surface area (Å²) in [7, 11) is 1.80. The van der Waals surface area contributed by atoms with Crippen LogP contribution in [0.2, 0.25) is 0 Å². The molecule has 1 aromatic carbocycles. The summed E-state index contributed by atoms with van der Waals surface area (Å²) in [5.41, 5.74) is 6.75. The molecule has 0 fully saturated rings. The Morgan fingerprint density at radius 2 is 1.90 bits per heavy atom. The average molecular weight is 278 g/mol. The summed E-state index contributed by atoms with van der Waals surface area (Å²) in [5, 5.41) is 9.24. The van der Waals surface area contributed by atoms with Gasteiger partial charge in [0.25, 0.3) is 0 Å². The number of aromatic hydroxyl groups is 1. The number of carbonyl (C=O) groups is 1. The molecule has 1 atom stereocenters. The maximum Gasteiger partial charge on any atom is 0.222 e.